The molecule has 0 amide bonds. The molecule has 0 radical (unpaired) electrons. The third-order valence-corrected chi connectivity index (χ3v) is 2.18. The van der Waals surface area contributed by atoms with Crippen LogP contribution in [-0.4, -0.2) is 30.8 Å². The molecule has 4 nitrogen and oxygen atoms in total. The van der Waals surface area contributed by atoms with Crippen molar-refractivity contribution in [2.24, 2.45) is 0 Å². The van der Waals surface area contributed by atoms with Gasteiger partial charge in [0.1, 0.15) is 12.4 Å². The molecule has 88 valence electrons. The number of ether oxygens (including phenoxy) is 1. The number of benzene rings is 1. The fraction of sp³-hybridized carbons (Fsp3) is 0.364. The molecule has 5 heteroatoms. The molecule has 0 unspecified atom stereocenters. The van der Waals surface area contributed by atoms with Gasteiger partial charge in [-0.2, -0.15) is 0 Å². The zero-order valence-corrected chi connectivity index (χ0v) is 9.75. The standard InChI is InChI=1S/C11H14ClNO3/c1-8-6-9(12)2-3-10(8)16-5-4-13-7-11(14)15/h2-3,6,13H,4-5,7H2,1H3,(H,14,15). The Balaban J connectivity index is 2.29. The minimum absolute atomic E-state index is 0.0526. The van der Waals surface area contributed by atoms with Crippen LogP contribution in [-0.2, 0) is 4.79 Å². The maximum absolute atomic E-state index is 10.2. The van der Waals surface area contributed by atoms with E-state index in [0.717, 1.165) is 11.3 Å². The molecule has 16 heavy (non-hydrogen) atoms. The van der Waals surface area contributed by atoms with Crippen molar-refractivity contribution in [3.05, 3.63) is 28.8 Å². The Morgan fingerprint density at radius 2 is 2.31 bits per heavy atom. The van der Waals surface area contributed by atoms with Crippen molar-refractivity contribution in [2.75, 3.05) is 19.7 Å². The van der Waals surface area contributed by atoms with Gasteiger partial charge in [0.15, 0.2) is 0 Å². The molecular weight excluding hydrogens is 230 g/mol. The lowest BCUT2D eigenvalue weighted by Gasteiger charge is -2.09. The number of rotatable bonds is 6. The van der Waals surface area contributed by atoms with E-state index >= 15 is 0 Å². The Hall–Kier alpha value is -1.26. The minimum Gasteiger partial charge on any atom is -0.492 e. The summed E-state index contributed by atoms with van der Waals surface area (Å²) in [6.45, 7) is 2.78. The predicted molar refractivity (Wildman–Crippen MR) is 62.2 cm³/mol. The lowest BCUT2D eigenvalue weighted by molar-refractivity contribution is -0.135. The number of aryl methyl sites for hydroxylation is 1. The lowest BCUT2D eigenvalue weighted by Crippen LogP contribution is -2.27. The highest BCUT2D eigenvalue weighted by molar-refractivity contribution is 6.30. The first-order valence-electron chi connectivity index (χ1n) is 4.91. The van der Waals surface area contributed by atoms with Gasteiger partial charge in [-0.3, -0.25) is 4.79 Å². The second-order valence-corrected chi connectivity index (χ2v) is 3.77. The van der Waals surface area contributed by atoms with Crippen LogP contribution in [0.5, 0.6) is 5.75 Å². The van der Waals surface area contributed by atoms with Crippen LogP contribution in [0.15, 0.2) is 18.2 Å². The normalized spacial score (nSPS) is 10.1. The van der Waals surface area contributed by atoms with Gasteiger partial charge >= 0.3 is 5.97 Å². The van der Waals surface area contributed by atoms with Crippen molar-refractivity contribution in [2.45, 2.75) is 6.92 Å². The number of carboxylic acids is 1. The molecule has 0 saturated heterocycles. The summed E-state index contributed by atoms with van der Waals surface area (Å²) in [4.78, 5) is 10.2. The molecule has 1 rings (SSSR count). The fourth-order valence-corrected chi connectivity index (χ4v) is 1.43. The zero-order chi connectivity index (χ0) is 12.0. The number of hydrogen-bond donors (Lipinski definition) is 2. The van der Waals surface area contributed by atoms with Crippen molar-refractivity contribution >= 4 is 17.6 Å². The Bertz CT molecular complexity index is 368. The highest BCUT2D eigenvalue weighted by atomic mass is 35.5. The first kappa shape index (κ1) is 12.8. The summed E-state index contributed by atoms with van der Waals surface area (Å²) in [5, 5.41) is 11.8. The van der Waals surface area contributed by atoms with Crippen LogP contribution < -0.4 is 10.1 Å². The second-order valence-electron chi connectivity index (χ2n) is 3.33. The van der Waals surface area contributed by atoms with E-state index in [0.29, 0.717) is 18.2 Å². The molecular formula is C11H14ClNO3. The summed E-state index contributed by atoms with van der Waals surface area (Å²) in [6, 6.07) is 5.38. The number of nitrogens with one attached hydrogen (secondary N) is 1. The van der Waals surface area contributed by atoms with Crippen LogP contribution >= 0.6 is 11.6 Å². The number of carboxylic acid groups (broad SMARTS) is 1. The summed E-state index contributed by atoms with van der Waals surface area (Å²) in [5.41, 5.74) is 0.964. The molecule has 0 atom stereocenters. The summed E-state index contributed by atoms with van der Waals surface area (Å²) in [7, 11) is 0. The van der Waals surface area contributed by atoms with E-state index in [1.165, 1.54) is 0 Å². The van der Waals surface area contributed by atoms with Crippen LogP contribution in [0.3, 0.4) is 0 Å². The minimum atomic E-state index is -0.873. The molecule has 0 heterocycles. The quantitative estimate of drug-likeness (QED) is 0.747. The highest BCUT2D eigenvalue weighted by Crippen LogP contribution is 2.21. The maximum Gasteiger partial charge on any atom is 0.317 e. The van der Waals surface area contributed by atoms with Gasteiger partial charge in [-0.1, -0.05) is 11.6 Å². The van der Waals surface area contributed by atoms with Crippen molar-refractivity contribution < 1.29 is 14.6 Å². The lowest BCUT2D eigenvalue weighted by atomic mass is 10.2. The summed E-state index contributed by atoms with van der Waals surface area (Å²) >= 11 is 5.80. The topological polar surface area (TPSA) is 58.6 Å². The smallest absolute Gasteiger partial charge is 0.317 e. The first-order valence-corrected chi connectivity index (χ1v) is 5.29. The Morgan fingerprint density at radius 1 is 1.56 bits per heavy atom. The summed E-state index contributed by atoms with van der Waals surface area (Å²) < 4.78 is 5.46. The molecule has 0 fully saturated rings. The largest absolute Gasteiger partial charge is 0.492 e. The van der Waals surface area contributed by atoms with Gasteiger partial charge < -0.3 is 15.2 Å². The van der Waals surface area contributed by atoms with Gasteiger partial charge in [0.25, 0.3) is 0 Å². The van der Waals surface area contributed by atoms with Crippen molar-refractivity contribution in [3.8, 4) is 5.75 Å². The molecule has 0 spiro atoms. The molecule has 0 saturated carbocycles. The molecule has 0 aromatic heterocycles. The molecule has 2 N–H and O–H groups in total. The summed E-state index contributed by atoms with van der Waals surface area (Å²) in [6.07, 6.45) is 0. The highest BCUT2D eigenvalue weighted by Gasteiger charge is 2.00. The van der Waals surface area contributed by atoms with Gasteiger partial charge in [0.05, 0.1) is 6.54 Å². The maximum atomic E-state index is 10.2. The fourth-order valence-electron chi connectivity index (χ4n) is 1.20. The number of halogens is 1. The van der Waals surface area contributed by atoms with Crippen molar-refractivity contribution in [1.29, 1.82) is 0 Å². The van der Waals surface area contributed by atoms with Crippen molar-refractivity contribution in [1.82, 2.24) is 5.32 Å². The Labute approximate surface area is 99.2 Å². The second kappa shape index (κ2) is 6.35. The molecule has 0 aliphatic rings. The Kier molecular flexibility index (Phi) is 5.08. The number of carbonyl (C=O) groups is 1. The third kappa shape index (κ3) is 4.51. The van der Waals surface area contributed by atoms with E-state index in [-0.39, 0.29) is 6.54 Å². The number of hydrogen-bond acceptors (Lipinski definition) is 3. The molecule has 0 aliphatic carbocycles. The number of aliphatic carboxylic acids is 1. The zero-order valence-electron chi connectivity index (χ0n) is 9.00. The van der Waals surface area contributed by atoms with Crippen molar-refractivity contribution in [3.63, 3.8) is 0 Å². The van der Waals surface area contributed by atoms with Crippen LogP contribution in [0.4, 0.5) is 0 Å². The van der Waals surface area contributed by atoms with E-state index in [9.17, 15) is 4.79 Å². The van der Waals surface area contributed by atoms with E-state index < -0.39 is 5.97 Å². The van der Waals surface area contributed by atoms with Gasteiger partial charge in [-0.25, -0.2) is 0 Å². The summed E-state index contributed by atoms with van der Waals surface area (Å²) in [5.74, 6) is -0.107. The SMILES string of the molecule is Cc1cc(Cl)ccc1OCCNCC(=O)O. The van der Waals surface area contributed by atoms with Gasteiger partial charge in [-0.05, 0) is 30.7 Å². The first-order chi connectivity index (χ1) is 7.59. The van der Waals surface area contributed by atoms with Crippen LogP contribution in [0.25, 0.3) is 0 Å². The van der Waals surface area contributed by atoms with Crippen LogP contribution in [0.2, 0.25) is 5.02 Å². The third-order valence-electron chi connectivity index (χ3n) is 1.95. The average Bonchev–Trinajstić information content (AvgIpc) is 2.20. The predicted octanol–water partition coefficient (Wildman–Crippen LogP) is 1.70. The van der Waals surface area contributed by atoms with E-state index in [1.807, 2.05) is 13.0 Å². The van der Waals surface area contributed by atoms with Crippen LogP contribution in [0.1, 0.15) is 5.56 Å². The van der Waals surface area contributed by atoms with Gasteiger partial charge in [-0.15, -0.1) is 0 Å². The molecule has 1 aromatic rings. The van der Waals surface area contributed by atoms with E-state index in [1.54, 1.807) is 12.1 Å². The van der Waals surface area contributed by atoms with E-state index in [4.69, 9.17) is 21.4 Å². The van der Waals surface area contributed by atoms with Gasteiger partial charge in [0, 0.05) is 11.6 Å². The molecule has 0 aliphatic heterocycles. The molecule has 0 bridgehead atoms. The monoisotopic (exact) mass is 243 g/mol. The van der Waals surface area contributed by atoms with Crippen LogP contribution in [0, 0.1) is 6.92 Å². The molecule has 1 aromatic carbocycles. The average molecular weight is 244 g/mol. The van der Waals surface area contributed by atoms with E-state index in [2.05, 4.69) is 5.32 Å². The van der Waals surface area contributed by atoms with Gasteiger partial charge in [0.2, 0.25) is 0 Å². The Morgan fingerprint density at radius 3 is 2.94 bits per heavy atom.